The van der Waals surface area contributed by atoms with E-state index >= 15 is 0 Å². The van der Waals surface area contributed by atoms with Crippen molar-refractivity contribution in [1.29, 1.82) is 0 Å². The molecule has 112 valence electrons. The van der Waals surface area contributed by atoms with Gasteiger partial charge in [0.05, 0.1) is 6.04 Å². The highest BCUT2D eigenvalue weighted by Crippen LogP contribution is 2.36. The predicted octanol–water partition coefficient (Wildman–Crippen LogP) is 2.78. The first-order valence-electron chi connectivity index (χ1n) is 7.39. The van der Waals surface area contributed by atoms with Gasteiger partial charge in [-0.3, -0.25) is 9.59 Å². The average Bonchev–Trinajstić information content (AvgIpc) is 2.92. The van der Waals surface area contributed by atoms with E-state index in [0.29, 0.717) is 0 Å². The molecule has 1 aromatic rings. The number of hydrogen-bond donors (Lipinski definition) is 1. The third-order valence-corrected chi connectivity index (χ3v) is 5.17. The summed E-state index contributed by atoms with van der Waals surface area (Å²) in [4.78, 5) is 26.7. The fraction of sp³-hybridized carbons (Fsp3) is 0.500. The minimum absolute atomic E-state index is 0.0412. The Morgan fingerprint density at radius 3 is 2.43 bits per heavy atom. The monoisotopic (exact) mass is 350 g/mol. The number of carbonyl (C=O) groups excluding carboxylic acids is 2. The van der Waals surface area contributed by atoms with Crippen LogP contribution < -0.4 is 5.32 Å². The van der Waals surface area contributed by atoms with E-state index in [9.17, 15) is 9.59 Å². The lowest BCUT2D eigenvalue weighted by molar-refractivity contribution is -0.152. The highest BCUT2D eigenvalue weighted by molar-refractivity contribution is 9.10. The topological polar surface area (TPSA) is 49.4 Å². The smallest absolute Gasteiger partial charge is 0.249 e. The molecule has 1 atom stereocenters. The van der Waals surface area contributed by atoms with Gasteiger partial charge in [-0.1, -0.05) is 40.9 Å². The molecule has 1 N–H and O–H groups in total. The molecule has 1 aliphatic carbocycles. The Kier molecular flexibility index (Phi) is 3.78. The minimum atomic E-state index is -0.640. The van der Waals surface area contributed by atoms with Crippen LogP contribution in [0.3, 0.4) is 0 Å². The highest BCUT2D eigenvalue weighted by atomic mass is 79.9. The second-order valence-corrected chi connectivity index (χ2v) is 6.91. The van der Waals surface area contributed by atoms with E-state index in [1.54, 1.807) is 4.90 Å². The van der Waals surface area contributed by atoms with Crippen molar-refractivity contribution in [1.82, 2.24) is 10.2 Å². The zero-order chi connectivity index (χ0) is 15.0. The Bertz CT molecular complexity index is 564. The van der Waals surface area contributed by atoms with Crippen LogP contribution in [0.15, 0.2) is 28.7 Å². The number of rotatable bonds is 2. The second kappa shape index (κ2) is 5.44. The number of nitrogens with one attached hydrogen (secondary N) is 1. The summed E-state index contributed by atoms with van der Waals surface area (Å²) in [6.45, 7) is 2.14. The summed E-state index contributed by atoms with van der Waals surface area (Å²) >= 11 is 3.42. The van der Waals surface area contributed by atoms with Crippen molar-refractivity contribution < 1.29 is 9.59 Å². The van der Waals surface area contributed by atoms with Crippen LogP contribution in [0.2, 0.25) is 0 Å². The average molecular weight is 351 g/mol. The van der Waals surface area contributed by atoms with Gasteiger partial charge < -0.3 is 10.2 Å². The molecule has 0 aromatic heterocycles. The molecule has 0 radical (unpaired) electrons. The van der Waals surface area contributed by atoms with Crippen molar-refractivity contribution in [3.05, 3.63) is 34.3 Å². The first kappa shape index (κ1) is 14.6. The first-order valence-corrected chi connectivity index (χ1v) is 8.19. The van der Waals surface area contributed by atoms with Crippen molar-refractivity contribution in [3.63, 3.8) is 0 Å². The Morgan fingerprint density at radius 1 is 1.19 bits per heavy atom. The van der Waals surface area contributed by atoms with Gasteiger partial charge in [0.15, 0.2) is 0 Å². The van der Waals surface area contributed by atoms with Gasteiger partial charge in [0, 0.05) is 4.47 Å². The molecule has 1 unspecified atom stereocenters. The summed E-state index contributed by atoms with van der Waals surface area (Å²) in [6.07, 6.45) is 3.54. The van der Waals surface area contributed by atoms with Gasteiger partial charge in [-0.25, -0.2) is 0 Å². The molecule has 1 saturated carbocycles. The standard InChI is InChI=1S/C16H19BrN2O2/c1-11(12-4-6-13(17)7-5-12)19-10-14(20)18-16(15(19)21)8-2-3-9-16/h4-7,11H,2-3,8-10H2,1H3,(H,18,20). The molecular formula is C16H19BrN2O2. The molecule has 1 saturated heterocycles. The van der Waals surface area contributed by atoms with Crippen LogP contribution in [-0.4, -0.2) is 28.8 Å². The SMILES string of the molecule is CC(c1ccc(Br)cc1)N1CC(=O)NC2(CCCC2)C1=O. The fourth-order valence-corrected chi connectivity index (χ4v) is 3.68. The van der Waals surface area contributed by atoms with Crippen LogP contribution in [0.25, 0.3) is 0 Å². The van der Waals surface area contributed by atoms with Crippen molar-refractivity contribution in [2.45, 2.75) is 44.2 Å². The quantitative estimate of drug-likeness (QED) is 0.891. The molecule has 3 rings (SSSR count). The van der Waals surface area contributed by atoms with E-state index in [-0.39, 0.29) is 24.4 Å². The third kappa shape index (κ3) is 2.59. The van der Waals surface area contributed by atoms with Crippen molar-refractivity contribution in [2.75, 3.05) is 6.54 Å². The number of benzene rings is 1. The second-order valence-electron chi connectivity index (χ2n) is 6.00. The van der Waals surface area contributed by atoms with E-state index in [2.05, 4.69) is 21.2 Å². The van der Waals surface area contributed by atoms with E-state index < -0.39 is 5.54 Å². The van der Waals surface area contributed by atoms with Gasteiger partial charge in [0.25, 0.3) is 0 Å². The number of nitrogens with zero attached hydrogens (tertiary/aromatic N) is 1. The van der Waals surface area contributed by atoms with Crippen LogP contribution in [0.5, 0.6) is 0 Å². The lowest BCUT2D eigenvalue weighted by atomic mass is 9.91. The molecule has 2 fully saturated rings. The molecule has 2 aliphatic rings. The van der Waals surface area contributed by atoms with E-state index in [1.165, 1.54) is 0 Å². The molecule has 1 aliphatic heterocycles. The number of halogens is 1. The first-order chi connectivity index (χ1) is 10.0. The van der Waals surface area contributed by atoms with Crippen LogP contribution in [0, 0.1) is 0 Å². The fourth-order valence-electron chi connectivity index (χ4n) is 3.41. The zero-order valence-corrected chi connectivity index (χ0v) is 13.6. The lowest BCUT2D eigenvalue weighted by Crippen LogP contribution is -2.65. The Hall–Kier alpha value is -1.36. The van der Waals surface area contributed by atoms with Crippen LogP contribution in [0.4, 0.5) is 0 Å². The molecule has 0 bridgehead atoms. The summed E-state index contributed by atoms with van der Waals surface area (Å²) in [5.41, 5.74) is 0.410. The third-order valence-electron chi connectivity index (χ3n) is 4.64. The molecule has 1 aromatic carbocycles. The van der Waals surface area contributed by atoms with Crippen LogP contribution >= 0.6 is 15.9 Å². The lowest BCUT2D eigenvalue weighted by Gasteiger charge is -2.42. The summed E-state index contributed by atoms with van der Waals surface area (Å²) in [6, 6.07) is 7.83. The van der Waals surface area contributed by atoms with Crippen molar-refractivity contribution >= 4 is 27.7 Å². The molecule has 5 heteroatoms. The minimum Gasteiger partial charge on any atom is -0.340 e. The van der Waals surface area contributed by atoms with E-state index in [4.69, 9.17) is 0 Å². The van der Waals surface area contributed by atoms with Crippen molar-refractivity contribution in [2.24, 2.45) is 0 Å². The normalized spacial score (nSPS) is 22.5. The molecule has 1 heterocycles. The van der Waals surface area contributed by atoms with Gasteiger partial charge in [-0.15, -0.1) is 0 Å². The maximum Gasteiger partial charge on any atom is 0.249 e. The predicted molar refractivity (Wildman–Crippen MR) is 83.6 cm³/mol. The maximum absolute atomic E-state index is 12.9. The largest absolute Gasteiger partial charge is 0.340 e. The summed E-state index contributed by atoms with van der Waals surface area (Å²) in [7, 11) is 0. The molecule has 4 nitrogen and oxygen atoms in total. The summed E-state index contributed by atoms with van der Waals surface area (Å²) in [5.74, 6) is 0.0375. The van der Waals surface area contributed by atoms with Gasteiger partial charge in [-0.05, 0) is 37.5 Å². The van der Waals surface area contributed by atoms with Crippen LogP contribution in [-0.2, 0) is 9.59 Å². The van der Waals surface area contributed by atoms with E-state index in [1.807, 2.05) is 31.2 Å². The highest BCUT2D eigenvalue weighted by Gasteiger charge is 2.49. The molecule has 1 spiro atoms. The molecule has 21 heavy (non-hydrogen) atoms. The van der Waals surface area contributed by atoms with E-state index in [0.717, 1.165) is 35.7 Å². The van der Waals surface area contributed by atoms with Crippen LogP contribution in [0.1, 0.15) is 44.2 Å². The summed E-state index contributed by atoms with van der Waals surface area (Å²) in [5, 5.41) is 2.95. The van der Waals surface area contributed by atoms with Gasteiger partial charge in [-0.2, -0.15) is 0 Å². The Labute approximate surface area is 133 Å². The number of carbonyl (C=O) groups is 2. The molecule has 2 amide bonds. The maximum atomic E-state index is 12.9. The number of piperazine rings is 1. The number of hydrogen-bond acceptors (Lipinski definition) is 2. The Balaban J connectivity index is 1.87. The Morgan fingerprint density at radius 2 is 1.81 bits per heavy atom. The van der Waals surface area contributed by atoms with Crippen molar-refractivity contribution in [3.8, 4) is 0 Å². The van der Waals surface area contributed by atoms with Gasteiger partial charge >= 0.3 is 0 Å². The van der Waals surface area contributed by atoms with Gasteiger partial charge in [0.2, 0.25) is 11.8 Å². The molecular weight excluding hydrogens is 332 g/mol. The van der Waals surface area contributed by atoms with Gasteiger partial charge in [0.1, 0.15) is 12.1 Å². The summed E-state index contributed by atoms with van der Waals surface area (Å²) < 4.78 is 1.01. The zero-order valence-electron chi connectivity index (χ0n) is 12.1. The number of amides is 2.